The molecule has 0 bridgehead atoms. The van der Waals surface area contributed by atoms with Crippen LogP contribution in [0.2, 0.25) is 0 Å². The van der Waals surface area contributed by atoms with Gasteiger partial charge in [-0.2, -0.15) is 0 Å². The molecular weight excluding hydrogens is 215 g/mol. The summed E-state index contributed by atoms with van der Waals surface area (Å²) in [4.78, 5) is 20.3. The molecule has 0 radical (unpaired) electrons. The van der Waals surface area contributed by atoms with Crippen LogP contribution in [0.1, 0.15) is 13.8 Å². The Balaban J connectivity index is 3.49. The Morgan fingerprint density at radius 3 is 1.73 bits per heavy atom. The second-order valence-corrected chi connectivity index (χ2v) is 3.30. The number of ether oxygens (including phenoxy) is 2. The molecule has 0 aliphatic heterocycles. The molecule has 0 saturated heterocycles. The van der Waals surface area contributed by atoms with Gasteiger partial charge in [0.2, 0.25) is 0 Å². The molecule has 0 unspecified atom stereocenters. The third kappa shape index (κ3) is 5.88. The SMILES string of the molecule is CCOC(=O)[Se]C(=O)OCC. The van der Waals surface area contributed by atoms with Gasteiger partial charge in [-0.15, -0.1) is 0 Å². The molecule has 0 aromatic heterocycles. The van der Waals surface area contributed by atoms with Crippen molar-refractivity contribution < 1.29 is 19.1 Å². The fourth-order valence-corrected chi connectivity index (χ4v) is 1.39. The maximum atomic E-state index is 10.6. The number of hydrogen-bond acceptors (Lipinski definition) is 4. The number of carbonyl (C=O) groups excluding carboxylic acids is 2. The van der Waals surface area contributed by atoms with E-state index < -0.39 is 24.7 Å². The molecule has 0 aliphatic rings. The molecule has 4 nitrogen and oxygen atoms in total. The van der Waals surface area contributed by atoms with Crippen molar-refractivity contribution in [2.24, 2.45) is 0 Å². The minimum atomic E-state index is -0.827. The zero-order valence-corrected chi connectivity index (χ0v) is 8.17. The fraction of sp³-hybridized carbons (Fsp3) is 0.667. The van der Waals surface area contributed by atoms with Gasteiger partial charge in [0.15, 0.2) is 0 Å². The van der Waals surface area contributed by atoms with Gasteiger partial charge in [-0.05, 0) is 0 Å². The van der Waals surface area contributed by atoms with E-state index in [1.807, 2.05) is 0 Å². The van der Waals surface area contributed by atoms with Crippen molar-refractivity contribution >= 4 is 24.7 Å². The summed E-state index contributed by atoms with van der Waals surface area (Å²) >= 11 is -0.827. The standard InChI is InChI=1S/C6H10O4Se/c1-3-9-5(7)11-6(8)10-4-2/h3-4H2,1-2H3. The predicted molar refractivity (Wildman–Crippen MR) is 39.8 cm³/mol. The molecule has 0 spiro atoms. The van der Waals surface area contributed by atoms with E-state index in [0.717, 1.165) is 0 Å². The minimum absolute atomic E-state index is 0.306. The Morgan fingerprint density at radius 1 is 1.09 bits per heavy atom. The molecule has 0 aromatic rings. The Morgan fingerprint density at radius 2 is 1.45 bits per heavy atom. The second kappa shape index (κ2) is 6.19. The van der Waals surface area contributed by atoms with E-state index >= 15 is 0 Å². The van der Waals surface area contributed by atoms with Crippen molar-refractivity contribution in [3.63, 3.8) is 0 Å². The Hall–Kier alpha value is -0.541. The molecule has 5 heteroatoms. The van der Waals surface area contributed by atoms with Crippen molar-refractivity contribution in [2.45, 2.75) is 13.8 Å². The van der Waals surface area contributed by atoms with Crippen LogP contribution in [0.5, 0.6) is 0 Å². The number of carbonyl (C=O) groups is 2. The molecular formula is C6H10O4Se. The zero-order valence-electron chi connectivity index (χ0n) is 6.46. The van der Waals surface area contributed by atoms with E-state index in [2.05, 4.69) is 9.47 Å². The van der Waals surface area contributed by atoms with Gasteiger partial charge in [0, 0.05) is 0 Å². The van der Waals surface area contributed by atoms with E-state index in [1.165, 1.54) is 0 Å². The molecule has 0 atom stereocenters. The summed E-state index contributed by atoms with van der Waals surface area (Å²) in [6, 6.07) is 0. The van der Waals surface area contributed by atoms with E-state index in [4.69, 9.17) is 0 Å². The average molecular weight is 225 g/mol. The molecule has 64 valence electrons. The van der Waals surface area contributed by atoms with Crippen LogP contribution < -0.4 is 0 Å². The third-order valence-electron chi connectivity index (χ3n) is 0.691. The van der Waals surface area contributed by atoms with E-state index in [1.54, 1.807) is 13.8 Å². The number of rotatable bonds is 4. The van der Waals surface area contributed by atoms with E-state index in [9.17, 15) is 9.59 Å². The van der Waals surface area contributed by atoms with Crippen LogP contribution in [0.25, 0.3) is 0 Å². The first-order chi connectivity index (χ1) is 5.20. The summed E-state index contributed by atoms with van der Waals surface area (Å²) in [6.07, 6.45) is 0. The summed E-state index contributed by atoms with van der Waals surface area (Å²) in [7, 11) is 0. The van der Waals surface area contributed by atoms with Gasteiger partial charge in [0.25, 0.3) is 0 Å². The van der Waals surface area contributed by atoms with Crippen LogP contribution in [0.15, 0.2) is 0 Å². The molecule has 0 fully saturated rings. The third-order valence-corrected chi connectivity index (χ3v) is 1.88. The van der Waals surface area contributed by atoms with Crippen molar-refractivity contribution in [2.75, 3.05) is 13.2 Å². The van der Waals surface area contributed by atoms with Gasteiger partial charge in [-0.1, -0.05) is 0 Å². The second-order valence-electron chi connectivity index (χ2n) is 1.47. The summed E-state index contributed by atoms with van der Waals surface area (Å²) < 4.78 is 9.09. The predicted octanol–water partition coefficient (Wildman–Crippen LogP) is 1.00. The zero-order chi connectivity index (χ0) is 8.69. The summed E-state index contributed by atoms with van der Waals surface area (Å²) in [6.45, 7) is 4.00. The van der Waals surface area contributed by atoms with E-state index in [0.29, 0.717) is 13.2 Å². The van der Waals surface area contributed by atoms with E-state index in [-0.39, 0.29) is 0 Å². The van der Waals surface area contributed by atoms with Crippen LogP contribution in [-0.2, 0) is 9.47 Å². The number of hydrogen-bond donors (Lipinski definition) is 0. The van der Waals surface area contributed by atoms with Gasteiger partial charge < -0.3 is 0 Å². The van der Waals surface area contributed by atoms with Crippen LogP contribution in [0.4, 0.5) is 9.59 Å². The molecule has 11 heavy (non-hydrogen) atoms. The van der Waals surface area contributed by atoms with Gasteiger partial charge >= 0.3 is 70.8 Å². The molecule has 0 aliphatic carbocycles. The molecule has 0 N–H and O–H groups in total. The Kier molecular flexibility index (Phi) is 5.88. The normalized spacial score (nSPS) is 8.91. The monoisotopic (exact) mass is 226 g/mol. The first-order valence-electron chi connectivity index (χ1n) is 3.22. The molecule has 0 heterocycles. The van der Waals surface area contributed by atoms with Gasteiger partial charge in [0.1, 0.15) is 0 Å². The van der Waals surface area contributed by atoms with Gasteiger partial charge in [0.05, 0.1) is 0 Å². The fourth-order valence-electron chi connectivity index (χ4n) is 0.363. The van der Waals surface area contributed by atoms with Crippen LogP contribution in [0, 0.1) is 0 Å². The maximum absolute atomic E-state index is 10.6. The Labute approximate surface area is 71.4 Å². The summed E-state index contributed by atoms with van der Waals surface area (Å²) in [5.41, 5.74) is 0. The van der Waals surface area contributed by atoms with Crippen molar-refractivity contribution in [1.29, 1.82) is 0 Å². The first-order valence-corrected chi connectivity index (χ1v) is 4.93. The summed E-state index contributed by atoms with van der Waals surface area (Å²) in [5, 5.41) is 0. The quantitative estimate of drug-likeness (QED) is 0.670. The molecule has 0 saturated carbocycles. The van der Waals surface area contributed by atoms with Crippen LogP contribution in [-0.4, -0.2) is 37.9 Å². The van der Waals surface area contributed by atoms with Gasteiger partial charge in [-0.3, -0.25) is 0 Å². The van der Waals surface area contributed by atoms with Crippen molar-refractivity contribution in [1.82, 2.24) is 0 Å². The van der Waals surface area contributed by atoms with Crippen molar-refractivity contribution in [3.05, 3.63) is 0 Å². The molecule has 0 aromatic carbocycles. The average Bonchev–Trinajstić information content (AvgIpc) is 1.87. The first kappa shape index (κ1) is 10.5. The molecule has 0 rings (SSSR count). The van der Waals surface area contributed by atoms with Gasteiger partial charge in [-0.25, -0.2) is 0 Å². The topological polar surface area (TPSA) is 52.6 Å². The van der Waals surface area contributed by atoms with Crippen LogP contribution >= 0.6 is 0 Å². The Bertz CT molecular complexity index is 130. The summed E-state index contributed by atoms with van der Waals surface area (Å²) in [5.74, 6) is 0. The molecule has 0 amide bonds. The van der Waals surface area contributed by atoms with Crippen LogP contribution in [0.3, 0.4) is 0 Å². The van der Waals surface area contributed by atoms with Crippen molar-refractivity contribution in [3.8, 4) is 0 Å².